The van der Waals surface area contributed by atoms with Crippen LogP contribution in [0.2, 0.25) is 0 Å². The first-order valence-corrected chi connectivity index (χ1v) is 6.78. The van der Waals surface area contributed by atoms with Crippen molar-refractivity contribution in [2.45, 2.75) is 30.6 Å². The van der Waals surface area contributed by atoms with Crippen molar-refractivity contribution in [1.82, 2.24) is 10.3 Å². The summed E-state index contributed by atoms with van der Waals surface area (Å²) < 4.78 is 1.12. The van der Waals surface area contributed by atoms with E-state index in [1.54, 1.807) is 23.1 Å². The summed E-state index contributed by atoms with van der Waals surface area (Å²) in [5.41, 5.74) is 1.37. The lowest BCUT2D eigenvalue weighted by Crippen LogP contribution is -2.37. The van der Waals surface area contributed by atoms with E-state index >= 15 is 0 Å². The van der Waals surface area contributed by atoms with E-state index in [0.29, 0.717) is 0 Å². The zero-order valence-corrected chi connectivity index (χ0v) is 11.2. The molecule has 84 valence electrons. The Hall–Kier alpha value is -0.320. The Kier molecular flexibility index (Phi) is 4.83. The SMILES string of the molecule is C=C(CNC(C)(C)C)CSc1nccs1. The summed E-state index contributed by atoms with van der Waals surface area (Å²) >= 11 is 3.43. The Morgan fingerprint density at radius 3 is 2.87 bits per heavy atom. The zero-order chi connectivity index (χ0) is 11.3. The van der Waals surface area contributed by atoms with Gasteiger partial charge in [0.1, 0.15) is 4.34 Å². The number of thioether (sulfide) groups is 1. The number of thiazole rings is 1. The molecule has 1 aromatic heterocycles. The standard InChI is InChI=1S/C11H18N2S2/c1-9(7-13-11(2,3)4)8-15-10-12-5-6-14-10/h5-6,13H,1,7-8H2,2-4H3. The van der Waals surface area contributed by atoms with Gasteiger partial charge in [0.15, 0.2) is 0 Å². The predicted octanol–water partition coefficient (Wildman–Crippen LogP) is 3.18. The van der Waals surface area contributed by atoms with Gasteiger partial charge < -0.3 is 5.32 Å². The maximum atomic E-state index is 4.22. The van der Waals surface area contributed by atoms with Crippen molar-refractivity contribution in [2.75, 3.05) is 12.3 Å². The van der Waals surface area contributed by atoms with Gasteiger partial charge in [-0.3, -0.25) is 0 Å². The Labute approximate surface area is 100 Å². The molecule has 1 N–H and O–H groups in total. The average molecular weight is 242 g/mol. The van der Waals surface area contributed by atoms with Crippen molar-refractivity contribution >= 4 is 23.1 Å². The maximum Gasteiger partial charge on any atom is 0.150 e. The summed E-state index contributed by atoms with van der Waals surface area (Å²) in [4.78, 5) is 4.22. The zero-order valence-electron chi connectivity index (χ0n) is 9.54. The van der Waals surface area contributed by atoms with E-state index in [9.17, 15) is 0 Å². The second-order valence-electron chi connectivity index (χ2n) is 4.44. The van der Waals surface area contributed by atoms with Crippen LogP contribution in [0, 0.1) is 0 Å². The quantitative estimate of drug-likeness (QED) is 0.634. The molecule has 0 bridgehead atoms. The highest BCUT2D eigenvalue weighted by molar-refractivity contribution is 8.01. The van der Waals surface area contributed by atoms with Crippen LogP contribution in [0.15, 0.2) is 28.1 Å². The van der Waals surface area contributed by atoms with Gasteiger partial charge in [-0.15, -0.1) is 11.3 Å². The second-order valence-corrected chi connectivity index (χ2v) is 6.56. The maximum absolute atomic E-state index is 4.22. The predicted molar refractivity (Wildman–Crippen MR) is 69.7 cm³/mol. The molecule has 0 radical (unpaired) electrons. The molecule has 4 heteroatoms. The van der Waals surface area contributed by atoms with Crippen LogP contribution in [0.25, 0.3) is 0 Å². The molecule has 1 heterocycles. The fourth-order valence-electron chi connectivity index (χ4n) is 0.887. The topological polar surface area (TPSA) is 24.9 Å². The molecule has 15 heavy (non-hydrogen) atoms. The lowest BCUT2D eigenvalue weighted by atomic mass is 10.1. The summed E-state index contributed by atoms with van der Waals surface area (Å²) in [7, 11) is 0. The van der Waals surface area contributed by atoms with Gasteiger partial charge in [-0.05, 0) is 20.8 Å². The van der Waals surface area contributed by atoms with Crippen molar-refractivity contribution in [3.05, 3.63) is 23.7 Å². The molecule has 2 nitrogen and oxygen atoms in total. The van der Waals surface area contributed by atoms with Crippen LogP contribution in [-0.2, 0) is 0 Å². The normalized spacial score (nSPS) is 11.7. The molecular weight excluding hydrogens is 224 g/mol. The van der Waals surface area contributed by atoms with E-state index in [-0.39, 0.29) is 5.54 Å². The molecule has 0 aromatic carbocycles. The molecule has 0 unspecified atom stereocenters. The minimum Gasteiger partial charge on any atom is -0.308 e. The number of aromatic nitrogens is 1. The molecule has 1 aromatic rings. The highest BCUT2D eigenvalue weighted by Gasteiger charge is 2.08. The molecule has 0 amide bonds. The highest BCUT2D eigenvalue weighted by Crippen LogP contribution is 2.21. The summed E-state index contributed by atoms with van der Waals surface area (Å²) in [6.07, 6.45) is 1.84. The van der Waals surface area contributed by atoms with E-state index in [2.05, 4.69) is 37.7 Å². The third-order valence-electron chi connectivity index (χ3n) is 1.68. The van der Waals surface area contributed by atoms with Crippen molar-refractivity contribution < 1.29 is 0 Å². The molecule has 0 fully saturated rings. The molecule has 1 rings (SSSR count). The van der Waals surface area contributed by atoms with E-state index in [1.165, 1.54) is 5.57 Å². The molecule has 0 aliphatic heterocycles. The third-order valence-corrected chi connectivity index (χ3v) is 3.79. The molecular formula is C11H18N2S2. The van der Waals surface area contributed by atoms with E-state index in [0.717, 1.165) is 16.6 Å². The van der Waals surface area contributed by atoms with Gasteiger partial charge in [-0.1, -0.05) is 23.9 Å². The van der Waals surface area contributed by atoms with Gasteiger partial charge in [-0.25, -0.2) is 4.98 Å². The van der Waals surface area contributed by atoms with Crippen molar-refractivity contribution in [1.29, 1.82) is 0 Å². The summed E-state index contributed by atoms with van der Waals surface area (Å²) in [6.45, 7) is 11.4. The van der Waals surface area contributed by atoms with E-state index in [1.807, 2.05) is 11.6 Å². The van der Waals surface area contributed by atoms with Crippen molar-refractivity contribution in [2.24, 2.45) is 0 Å². The fourth-order valence-corrected chi connectivity index (χ4v) is 2.43. The smallest absolute Gasteiger partial charge is 0.150 e. The summed E-state index contributed by atoms with van der Waals surface area (Å²) in [5, 5.41) is 5.42. The second kappa shape index (κ2) is 5.68. The van der Waals surface area contributed by atoms with Crippen LogP contribution < -0.4 is 5.32 Å². The average Bonchev–Trinajstić information content (AvgIpc) is 2.62. The number of rotatable bonds is 5. The lowest BCUT2D eigenvalue weighted by molar-refractivity contribution is 0.445. The number of hydrogen-bond donors (Lipinski definition) is 1. The fraction of sp³-hybridized carbons (Fsp3) is 0.545. The third kappa shape index (κ3) is 5.97. The minimum atomic E-state index is 0.161. The molecule has 0 saturated heterocycles. The van der Waals surface area contributed by atoms with Gasteiger partial charge in [0.2, 0.25) is 0 Å². The summed E-state index contributed by atoms with van der Waals surface area (Å²) in [6, 6.07) is 0. The minimum absolute atomic E-state index is 0.161. The Morgan fingerprint density at radius 1 is 1.60 bits per heavy atom. The van der Waals surface area contributed by atoms with Gasteiger partial charge in [0, 0.05) is 29.4 Å². The number of nitrogens with zero attached hydrogens (tertiary/aromatic N) is 1. The molecule has 0 aliphatic rings. The van der Waals surface area contributed by atoms with E-state index < -0.39 is 0 Å². The first-order chi connectivity index (χ1) is 6.97. The monoisotopic (exact) mass is 242 g/mol. The lowest BCUT2D eigenvalue weighted by Gasteiger charge is -2.21. The number of hydrogen-bond acceptors (Lipinski definition) is 4. The van der Waals surface area contributed by atoms with Crippen LogP contribution in [0.5, 0.6) is 0 Å². The van der Waals surface area contributed by atoms with Gasteiger partial charge >= 0.3 is 0 Å². The van der Waals surface area contributed by atoms with Crippen molar-refractivity contribution in [3.63, 3.8) is 0 Å². The largest absolute Gasteiger partial charge is 0.308 e. The van der Waals surface area contributed by atoms with Crippen LogP contribution in [0.4, 0.5) is 0 Å². The molecule has 0 atom stereocenters. The number of nitrogens with one attached hydrogen (secondary N) is 1. The van der Waals surface area contributed by atoms with Crippen LogP contribution in [0.1, 0.15) is 20.8 Å². The van der Waals surface area contributed by atoms with Gasteiger partial charge in [-0.2, -0.15) is 0 Å². The van der Waals surface area contributed by atoms with Crippen LogP contribution in [0.3, 0.4) is 0 Å². The Balaban J connectivity index is 2.20. The summed E-state index contributed by atoms with van der Waals surface area (Å²) in [5.74, 6) is 0.941. The first kappa shape index (κ1) is 12.7. The van der Waals surface area contributed by atoms with Crippen molar-refractivity contribution in [3.8, 4) is 0 Å². The Bertz CT molecular complexity index is 299. The Morgan fingerprint density at radius 2 is 2.33 bits per heavy atom. The molecule has 0 aliphatic carbocycles. The van der Waals surface area contributed by atoms with Crippen LogP contribution in [-0.4, -0.2) is 22.8 Å². The molecule has 0 spiro atoms. The first-order valence-electron chi connectivity index (χ1n) is 4.91. The van der Waals surface area contributed by atoms with Gasteiger partial charge in [0.05, 0.1) is 0 Å². The van der Waals surface area contributed by atoms with E-state index in [4.69, 9.17) is 0 Å². The van der Waals surface area contributed by atoms with Crippen LogP contribution >= 0.6 is 23.1 Å². The highest BCUT2D eigenvalue weighted by atomic mass is 32.2. The van der Waals surface area contributed by atoms with Gasteiger partial charge in [0.25, 0.3) is 0 Å². The molecule has 0 saturated carbocycles.